The van der Waals surface area contributed by atoms with Gasteiger partial charge in [-0.1, -0.05) is 144 Å². The summed E-state index contributed by atoms with van der Waals surface area (Å²) in [5.41, 5.74) is 7.67. The molecule has 1 aliphatic carbocycles. The van der Waals surface area contributed by atoms with Gasteiger partial charge in [0, 0.05) is 0 Å². The van der Waals surface area contributed by atoms with Crippen molar-refractivity contribution in [1.82, 2.24) is 0 Å². The first-order chi connectivity index (χ1) is 20.0. The minimum absolute atomic E-state index is 0.0846. The third kappa shape index (κ3) is 16.4. The topological polar surface area (TPSA) is 60.7 Å². The van der Waals surface area contributed by atoms with E-state index < -0.39 is 11.7 Å². The Kier molecular flexibility index (Phi) is 16.5. The van der Waals surface area contributed by atoms with Crippen molar-refractivity contribution >= 4 is 0 Å². The molecule has 0 spiro atoms. The van der Waals surface area contributed by atoms with E-state index in [1.54, 1.807) is 19.9 Å². The molecule has 0 aromatic carbocycles. The van der Waals surface area contributed by atoms with Crippen LogP contribution in [-0.2, 0) is 0 Å². The highest BCUT2D eigenvalue weighted by atomic mass is 16.3. The lowest BCUT2D eigenvalue weighted by molar-refractivity contribution is -0.0226. The van der Waals surface area contributed by atoms with Gasteiger partial charge in [0.05, 0.1) is 11.7 Å². The van der Waals surface area contributed by atoms with E-state index in [1.807, 2.05) is 37.3 Å². The predicted octanol–water partition coefficient (Wildman–Crippen LogP) is 9.91. The average molecular weight is 587 g/mol. The molecule has 43 heavy (non-hydrogen) atoms. The molecular weight excluding hydrogens is 528 g/mol. The first-order valence-corrected chi connectivity index (χ1v) is 15.5. The Hall–Kier alpha value is -2.98. The fourth-order valence-corrected chi connectivity index (χ4v) is 4.98. The van der Waals surface area contributed by atoms with Gasteiger partial charge in [-0.3, -0.25) is 0 Å². The number of rotatable bonds is 14. The summed E-state index contributed by atoms with van der Waals surface area (Å²) in [7, 11) is 0. The largest absolute Gasteiger partial charge is 0.393 e. The zero-order valence-electron chi connectivity index (χ0n) is 28.5. The number of aliphatic hydroxyl groups is 3. The van der Waals surface area contributed by atoms with Crippen molar-refractivity contribution < 1.29 is 15.3 Å². The lowest BCUT2D eigenvalue weighted by Gasteiger charge is -2.37. The maximum atomic E-state index is 10.1. The number of hydrogen-bond acceptors (Lipinski definition) is 3. The lowest BCUT2D eigenvalue weighted by atomic mass is 9.70. The van der Waals surface area contributed by atoms with E-state index in [0.717, 1.165) is 42.4 Å². The summed E-state index contributed by atoms with van der Waals surface area (Å²) in [4.78, 5) is 0. The Bertz CT molecular complexity index is 1240. The van der Waals surface area contributed by atoms with E-state index in [0.29, 0.717) is 0 Å². The minimum Gasteiger partial charge on any atom is -0.393 e. The SMILES string of the molecule is CC1=C(CC/C(C)=C/C=C/C(C)=C/C=C/C=C(C)/C=C/C=C(C)/C=C\C=C(C)/C=C/[C@H](O)C(C)(C)O)C(C)(C)C[C@H](O)C1. The Morgan fingerprint density at radius 1 is 0.791 bits per heavy atom. The summed E-state index contributed by atoms with van der Waals surface area (Å²) in [6, 6.07) is 0. The number of aliphatic hydroxyl groups excluding tert-OH is 2. The molecule has 0 saturated carbocycles. The van der Waals surface area contributed by atoms with E-state index in [1.165, 1.54) is 22.3 Å². The highest BCUT2D eigenvalue weighted by molar-refractivity contribution is 5.33. The highest BCUT2D eigenvalue weighted by Gasteiger charge is 2.32. The van der Waals surface area contributed by atoms with E-state index in [4.69, 9.17) is 0 Å². The highest BCUT2D eigenvalue weighted by Crippen LogP contribution is 2.42. The molecule has 236 valence electrons. The van der Waals surface area contributed by atoms with Crippen LogP contribution in [0, 0.1) is 5.41 Å². The molecule has 2 atom stereocenters. The van der Waals surface area contributed by atoms with Crippen molar-refractivity contribution in [2.75, 3.05) is 0 Å². The maximum absolute atomic E-state index is 10.1. The average Bonchev–Trinajstić information content (AvgIpc) is 2.88. The number of allylic oxidation sites excluding steroid dienone is 20. The van der Waals surface area contributed by atoms with Gasteiger partial charge in [-0.15, -0.1) is 0 Å². The molecular formula is C40H58O3. The normalized spacial score (nSPS) is 21.1. The first kappa shape index (κ1) is 38.0. The molecule has 0 amide bonds. The molecule has 0 saturated heterocycles. The van der Waals surface area contributed by atoms with Crippen LogP contribution in [0.2, 0.25) is 0 Å². The molecule has 3 N–H and O–H groups in total. The molecule has 0 heterocycles. The van der Waals surface area contributed by atoms with Crippen LogP contribution in [0.5, 0.6) is 0 Å². The van der Waals surface area contributed by atoms with Crippen molar-refractivity contribution in [2.45, 2.75) is 113 Å². The maximum Gasteiger partial charge on any atom is 0.101 e. The van der Waals surface area contributed by atoms with Crippen LogP contribution in [0.3, 0.4) is 0 Å². The summed E-state index contributed by atoms with van der Waals surface area (Å²) in [6.45, 7) is 20.3. The van der Waals surface area contributed by atoms with Gasteiger partial charge in [0.2, 0.25) is 0 Å². The predicted molar refractivity (Wildman–Crippen MR) is 188 cm³/mol. The van der Waals surface area contributed by atoms with Gasteiger partial charge in [-0.05, 0) is 86.5 Å². The second-order valence-corrected chi connectivity index (χ2v) is 13.3. The zero-order chi connectivity index (χ0) is 32.6. The van der Waals surface area contributed by atoms with Crippen molar-refractivity contribution in [1.29, 1.82) is 0 Å². The molecule has 3 nitrogen and oxygen atoms in total. The second kappa shape index (κ2) is 18.6. The van der Waals surface area contributed by atoms with Crippen LogP contribution in [-0.4, -0.2) is 33.1 Å². The molecule has 1 rings (SSSR count). The van der Waals surface area contributed by atoms with Crippen LogP contribution in [0.25, 0.3) is 0 Å². The summed E-state index contributed by atoms with van der Waals surface area (Å²) < 4.78 is 0. The summed E-state index contributed by atoms with van der Waals surface area (Å²) in [5, 5.41) is 29.8. The molecule has 0 aromatic heterocycles. The Balaban J connectivity index is 2.57. The van der Waals surface area contributed by atoms with Crippen molar-refractivity contribution in [2.24, 2.45) is 5.41 Å². The first-order valence-electron chi connectivity index (χ1n) is 15.5. The fraction of sp³-hybridized carbons (Fsp3) is 0.450. The van der Waals surface area contributed by atoms with Crippen LogP contribution < -0.4 is 0 Å². The molecule has 0 aromatic rings. The minimum atomic E-state index is -1.15. The Morgan fingerprint density at radius 3 is 1.70 bits per heavy atom. The fourth-order valence-electron chi connectivity index (χ4n) is 4.98. The second-order valence-electron chi connectivity index (χ2n) is 13.3. The smallest absolute Gasteiger partial charge is 0.101 e. The Labute approximate surface area is 263 Å². The van der Waals surface area contributed by atoms with Gasteiger partial charge < -0.3 is 15.3 Å². The third-order valence-corrected chi connectivity index (χ3v) is 7.66. The quantitative estimate of drug-likeness (QED) is 0.140. The van der Waals surface area contributed by atoms with Gasteiger partial charge in [0.15, 0.2) is 0 Å². The summed E-state index contributed by atoms with van der Waals surface area (Å²) in [6.07, 6.45) is 33.1. The zero-order valence-corrected chi connectivity index (χ0v) is 28.5. The van der Waals surface area contributed by atoms with Gasteiger partial charge in [-0.25, -0.2) is 0 Å². The van der Waals surface area contributed by atoms with Crippen molar-refractivity contribution in [3.8, 4) is 0 Å². The van der Waals surface area contributed by atoms with Gasteiger partial charge in [0.25, 0.3) is 0 Å². The lowest BCUT2D eigenvalue weighted by Crippen LogP contribution is -2.34. The summed E-state index contributed by atoms with van der Waals surface area (Å²) >= 11 is 0. The Morgan fingerprint density at radius 2 is 1.23 bits per heavy atom. The molecule has 0 aliphatic heterocycles. The summed E-state index contributed by atoms with van der Waals surface area (Å²) in [5.74, 6) is 0. The van der Waals surface area contributed by atoms with Crippen LogP contribution in [0.15, 0.2) is 130 Å². The molecule has 0 unspecified atom stereocenters. The van der Waals surface area contributed by atoms with E-state index in [9.17, 15) is 15.3 Å². The molecule has 3 heteroatoms. The number of hydrogen-bond donors (Lipinski definition) is 3. The molecule has 1 aliphatic rings. The molecule has 0 fully saturated rings. The van der Waals surface area contributed by atoms with E-state index in [-0.39, 0.29) is 11.5 Å². The van der Waals surface area contributed by atoms with Crippen LogP contribution >= 0.6 is 0 Å². The van der Waals surface area contributed by atoms with E-state index in [2.05, 4.69) is 103 Å². The van der Waals surface area contributed by atoms with Crippen LogP contribution in [0.4, 0.5) is 0 Å². The monoisotopic (exact) mass is 586 g/mol. The van der Waals surface area contributed by atoms with Crippen LogP contribution in [0.1, 0.15) is 94.9 Å². The van der Waals surface area contributed by atoms with Gasteiger partial charge in [0.1, 0.15) is 6.10 Å². The standard InChI is InChI=1S/C40H58O3/c1-30(18-13-20-32(3)21-15-23-34(5)25-27-38(42)40(9,10)43)16-11-12-17-31(2)19-14-22-33(4)24-26-37-35(6)28-36(41)29-39(37,7)8/h11-23,25,27,36,38,41-43H,24,26,28-29H2,1-10H3/b12-11+,18-13+,19-14+,21-15-,27-25+,30-16+,31-17+,32-20+,33-22+,34-23-/t36-,38+/m1/s1. The third-order valence-electron chi connectivity index (χ3n) is 7.66. The van der Waals surface area contributed by atoms with Crippen molar-refractivity contribution in [3.05, 3.63) is 130 Å². The van der Waals surface area contributed by atoms with Crippen molar-refractivity contribution in [3.63, 3.8) is 0 Å². The van der Waals surface area contributed by atoms with E-state index >= 15 is 0 Å². The van der Waals surface area contributed by atoms with Gasteiger partial charge in [-0.2, -0.15) is 0 Å². The van der Waals surface area contributed by atoms with Gasteiger partial charge >= 0.3 is 0 Å². The molecule has 0 bridgehead atoms. The molecule has 0 radical (unpaired) electrons.